The van der Waals surface area contributed by atoms with Crippen LogP contribution in [0, 0.1) is 0 Å². The van der Waals surface area contributed by atoms with Crippen molar-refractivity contribution in [3.63, 3.8) is 0 Å². The average molecular weight is 286 g/mol. The van der Waals surface area contributed by atoms with E-state index in [-0.39, 0.29) is 6.10 Å². The minimum Gasteiger partial charge on any atom is -0.393 e. The number of thiazole rings is 1. The summed E-state index contributed by atoms with van der Waals surface area (Å²) in [7, 11) is 0. The maximum atomic E-state index is 10.3. The van der Waals surface area contributed by atoms with Crippen LogP contribution >= 0.6 is 11.3 Å². The molecule has 0 amide bonds. The largest absolute Gasteiger partial charge is 0.393 e. The Hall–Kier alpha value is -1.65. The van der Waals surface area contributed by atoms with Crippen molar-refractivity contribution in [3.8, 4) is 0 Å². The molecule has 2 unspecified atom stereocenters. The molecule has 0 fully saturated rings. The normalized spacial score (nSPS) is 14.5. The molecule has 1 N–H and O–H groups in total. The molecule has 4 heteroatoms. The average Bonchev–Trinajstić information content (AvgIpc) is 3.00. The summed E-state index contributed by atoms with van der Waals surface area (Å²) in [5, 5.41) is 12.3. The van der Waals surface area contributed by atoms with Gasteiger partial charge in [-0.05, 0) is 17.9 Å². The van der Waals surface area contributed by atoms with Crippen LogP contribution < -0.4 is 0 Å². The van der Waals surface area contributed by atoms with E-state index in [4.69, 9.17) is 0 Å². The van der Waals surface area contributed by atoms with Gasteiger partial charge in [0.05, 0.1) is 11.8 Å². The number of benzene rings is 1. The number of imidazole rings is 1. The number of rotatable bonds is 5. The van der Waals surface area contributed by atoms with Gasteiger partial charge in [-0.3, -0.25) is 4.40 Å². The second kappa shape index (κ2) is 5.77. The van der Waals surface area contributed by atoms with Crippen molar-refractivity contribution in [2.75, 3.05) is 0 Å². The molecule has 0 aliphatic heterocycles. The highest BCUT2D eigenvalue weighted by Crippen LogP contribution is 2.22. The zero-order chi connectivity index (χ0) is 13.9. The van der Waals surface area contributed by atoms with Crippen molar-refractivity contribution in [2.45, 2.75) is 31.8 Å². The van der Waals surface area contributed by atoms with Crippen LogP contribution in [0.2, 0.25) is 0 Å². The Morgan fingerprint density at radius 3 is 2.85 bits per heavy atom. The minimum absolute atomic E-state index is 0.352. The first-order valence-electron chi connectivity index (χ1n) is 6.86. The molecule has 0 aliphatic carbocycles. The van der Waals surface area contributed by atoms with Crippen LogP contribution in [0.15, 0.2) is 48.1 Å². The number of aliphatic hydroxyl groups is 1. The molecule has 2 heterocycles. The molecular formula is C16H18N2OS. The van der Waals surface area contributed by atoms with Gasteiger partial charge in [-0.15, -0.1) is 11.3 Å². The summed E-state index contributed by atoms with van der Waals surface area (Å²) in [5.74, 6) is 0.356. The number of aromatic nitrogens is 2. The maximum absolute atomic E-state index is 10.3. The van der Waals surface area contributed by atoms with Crippen molar-refractivity contribution in [3.05, 3.63) is 59.4 Å². The molecule has 2 atom stereocenters. The highest BCUT2D eigenvalue weighted by Gasteiger charge is 2.14. The van der Waals surface area contributed by atoms with E-state index < -0.39 is 0 Å². The van der Waals surface area contributed by atoms with Crippen molar-refractivity contribution in [1.82, 2.24) is 9.38 Å². The first kappa shape index (κ1) is 13.3. The van der Waals surface area contributed by atoms with Crippen molar-refractivity contribution >= 4 is 16.3 Å². The highest BCUT2D eigenvalue weighted by atomic mass is 32.1. The third-order valence-corrected chi connectivity index (χ3v) is 4.35. The van der Waals surface area contributed by atoms with Gasteiger partial charge in [0.1, 0.15) is 0 Å². The van der Waals surface area contributed by atoms with Crippen molar-refractivity contribution < 1.29 is 5.11 Å². The lowest BCUT2D eigenvalue weighted by Gasteiger charge is -2.16. The van der Waals surface area contributed by atoms with Gasteiger partial charge in [-0.2, -0.15) is 0 Å². The van der Waals surface area contributed by atoms with Crippen LogP contribution in [0.4, 0.5) is 0 Å². The Balaban J connectivity index is 1.62. The summed E-state index contributed by atoms with van der Waals surface area (Å²) in [6, 6.07) is 10.3. The first-order valence-corrected chi connectivity index (χ1v) is 7.74. The number of fused-ring (bicyclic) bond motifs is 1. The third-order valence-electron chi connectivity index (χ3n) is 3.58. The smallest absolute Gasteiger partial charge is 0.193 e. The lowest BCUT2D eigenvalue weighted by atomic mass is 9.93. The second-order valence-corrected chi connectivity index (χ2v) is 6.10. The van der Waals surface area contributed by atoms with Gasteiger partial charge in [0.25, 0.3) is 0 Å². The summed E-state index contributed by atoms with van der Waals surface area (Å²) in [6.45, 7) is 2.16. The van der Waals surface area contributed by atoms with Crippen LogP contribution in [-0.2, 0) is 6.42 Å². The van der Waals surface area contributed by atoms with Crippen LogP contribution in [0.1, 0.15) is 30.5 Å². The molecule has 3 aromatic rings. The third kappa shape index (κ3) is 2.92. The fraction of sp³-hybridized carbons (Fsp3) is 0.312. The maximum Gasteiger partial charge on any atom is 0.193 e. The zero-order valence-corrected chi connectivity index (χ0v) is 12.3. The molecule has 0 radical (unpaired) electrons. The fourth-order valence-electron chi connectivity index (χ4n) is 2.52. The molecule has 3 rings (SSSR count). The van der Waals surface area contributed by atoms with Gasteiger partial charge in [0.15, 0.2) is 4.96 Å². The molecule has 3 nitrogen and oxygen atoms in total. The summed E-state index contributed by atoms with van der Waals surface area (Å²) in [5.41, 5.74) is 2.24. The predicted molar refractivity (Wildman–Crippen MR) is 82.3 cm³/mol. The van der Waals surface area contributed by atoms with Crippen molar-refractivity contribution in [2.24, 2.45) is 0 Å². The minimum atomic E-state index is -0.352. The lowest BCUT2D eigenvalue weighted by molar-refractivity contribution is 0.156. The van der Waals surface area contributed by atoms with Crippen LogP contribution in [0.3, 0.4) is 0 Å². The molecule has 0 saturated heterocycles. The van der Waals surface area contributed by atoms with Gasteiger partial charge < -0.3 is 5.11 Å². The lowest BCUT2D eigenvalue weighted by Crippen LogP contribution is -2.14. The number of nitrogens with zero attached hydrogens (tertiary/aromatic N) is 2. The van der Waals surface area contributed by atoms with Crippen LogP contribution in [0.5, 0.6) is 0 Å². The van der Waals surface area contributed by atoms with E-state index in [0.717, 1.165) is 17.1 Å². The van der Waals surface area contributed by atoms with Gasteiger partial charge in [0, 0.05) is 24.2 Å². The Kier molecular flexibility index (Phi) is 3.85. The van der Waals surface area contributed by atoms with E-state index in [1.165, 1.54) is 5.56 Å². The van der Waals surface area contributed by atoms with Crippen LogP contribution in [-0.4, -0.2) is 20.6 Å². The monoisotopic (exact) mass is 286 g/mol. The quantitative estimate of drug-likeness (QED) is 0.779. The summed E-state index contributed by atoms with van der Waals surface area (Å²) in [4.78, 5) is 5.50. The van der Waals surface area contributed by atoms with Gasteiger partial charge in [-0.25, -0.2) is 4.98 Å². The van der Waals surface area contributed by atoms with E-state index in [9.17, 15) is 5.11 Å². The van der Waals surface area contributed by atoms with E-state index in [1.54, 1.807) is 11.3 Å². The van der Waals surface area contributed by atoms with E-state index in [0.29, 0.717) is 12.3 Å². The van der Waals surface area contributed by atoms with Gasteiger partial charge >= 0.3 is 0 Å². The number of aliphatic hydroxyl groups excluding tert-OH is 1. The Morgan fingerprint density at radius 2 is 2.10 bits per heavy atom. The van der Waals surface area contributed by atoms with E-state index >= 15 is 0 Å². The summed E-state index contributed by atoms with van der Waals surface area (Å²) < 4.78 is 2.01. The van der Waals surface area contributed by atoms with Crippen molar-refractivity contribution in [1.29, 1.82) is 0 Å². The predicted octanol–water partition coefficient (Wildman–Crippen LogP) is 3.49. The molecule has 1 aromatic carbocycles. The summed E-state index contributed by atoms with van der Waals surface area (Å²) in [6.07, 6.45) is 5.02. The molecular weight excluding hydrogens is 268 g/mol. The van der Waals surface area contributed by atoms with Crippen LogP contribution in [0.25, 0.3) is 4.96 Å². The molecule has 0 bridgehead atoms. The molecule has 0 aliphatic rings. The first-order chi connectivity index (χ1) is 9.72. The standard InChI is InChI=1S/C16H18N2OS/c1-12(13-5-3-2-4-6-13)9-15(19)10-14-11-18-7-8-20-16(18)17-14/h2-8,11-12,15,19H,9-10H2,1H3. The Bertz CT molecular complexity index is 645. The topological polar surface area (TPSA) is 37.5 Å². The number of hydrogen-bond acceptors (Lipinski definition) is 3. The molecule has 20 heavy (non-hydrogen) atoms. The highest BCUT2D eigenvalue weighted by molar-refractivity contribution is 7.15. The Morgan fingerprint density at radius 1 is 1.30 bits per heavy atom. The fourth-order valence-corrected chi connectivity index (χ4v) is 3.24. The summed E-state index contributed by atoms with van der Waals surface area (Å²) >= 11 is 1.62. The van der Waals surface area contributed by atoms with Gasteiger partial charge in [-0.1, -0.05) is 37.3 Å². The SMILES string of the molecule is CC(CC(O)Cc1cn2ccsc2n1)c1ccccc1. The second-order valence-electron chi connectivity index (χ2n) is 5.23. The Labute approximate surface area is 122 Å². The van der Waals surface area contributed by atoms with E-state index in [2.05, 4.69) is 24.0 Å². The molecule has 0 spiro atoms. The number of hydrogen-bond donors (Lipinski definition) is 1. The van der Waals surface area contributed by atoms with Gasteiger partial charge in [0.2, 0.25) is 0 Å². The molecule has 104 valence electrons. The molecule has 0 saturated carbocycles. The van der Waals surface area contributed by atoms with E-state index in [1.807, 2.05) is 40.4 Å². The zero-order valence-electron chi connectivity index (χ0n) is 11.4. The molecule has 2 aromatic heterocycles.